The second-order valence-electron chi connectivity index (χ2n) is 6.10. The predicted molar refractivity (Wildman–Crippen MR) is 92.4 cm³/mol. The first-order valence-corrected chi connectivity index (χ1v) is 8.98. The number of benzene rings is 1. The van der Waals surface area contributed by atoms with Crippen molar-refractivity contribution < 1.29 is 14.3 Å². The number of hydrogen-bond donors (Lipinski definition) is 2. The highest BCUT2D eigenvalue weighted by molar-refractivity contribution is 7.10. The van der Waals surface area contributed by atoms with E-state index in [9.17, 15) is 14.3 Å². The molecular weight excluding hydrogens is 327 g/mol. The van der Waals surface area contributed by atoms with Crippen LogP contribution in [0.3, 0.4) is 0 Å². The zero-order valence-corrected chi connectivity index (χ0v) is 14.1. The summed E-state index contributed by atoms with van der Waals surface area (Å²) in [6.45, 7) is 1.62. The van der Waals surface area contributed by atoms with Crippen molar-refractivity contribution in [3.05, 3.63) is 58.0 Å². The lowest BCUT2D eigenvalue weighted by atomic mass is 10.0. The van der Waals surface area contributed by atoms with Gasteiger partial charge < -0.3 is 10.4 Å². The molecule has 0 spiro atoms. The molecule has 4 nitrogen and oxygen atoms in total. The minimum Gasteiger partial charge on any atom is -0.392 e. The van der Waals surface area contributed by atoms with E-state index in [1.807, 2.05) is 22.4 Å². The quantitative estimate of drug-likeness (QED) is 0.873. The molecule has 2 atom stereocenters. The molecule has 0 radical (unpaired) electrons. The predicted octanol–water partition coefficient (Wildman–Crippen LogP) is 2.55. The van der Waals surface area contributed by atoms with Crippen LogP contribution in [-0.4, -0.2) is 41.7 Å². The van der Waals surface area contributed by atoms with E-state index in [1.54, 1.807) is 23.5 Å². The summed E-state index contributed by atoms with van der Waals surface area (Å²) >= 11 is 1.56. The van der Waals surface area contributed by atoms with E-state index in [0.717, 1.165) is 29.8 Å². The number of amides is 1. The van der Waals surface area contributed by atoms with Gasteiger partial charge in [0.15, 0.2) is 0 Å². The molecule has 1 amide bonds. The molecule has 2 N–H and O–H groups in total. The standard InChI is InChI=1S/C18H21FN2O2S/c19-14-7-5-13(6-8-14)18(16-4-2-10-24-16)20-17(23)12-21-9-1-3-15(22)11-21/h2,4-8,10,15,18,22H,1,3,9,11-12H2,(H,20,23)/t15-,18+/m1/s1. The Hall–Kier alpha value is -1.76. The molecular formula is C18H21FN2O2S. The van der Waals surface area contributed by atoms with Crippen LogP contribution in [0.2, 0.25) is 0 Å². The summed E-state index contributed by atoms with van der Waals surface area (Å²) in [6, 6.07) is 9.82. The van der Waals surface area contributed by atoms with Crippen molar-refractivity contribution in [3.8, 4) is 0 Å². The van der Waals surface area contributed by atoms with E-state index in [2.05, 4.69) is 5.32 Å². The molecule has 1 aromatic heterocycles. The highest BCUT2D eigenvalue weighted by atomic mass is 32.1. The highest BCUT2D eigenvalue weighted by Crippen LogP contribution is 2.26. The lowest BCUT2D eigenvalue weighted by Crippen LogP contribution is -2.44. The molecule has 0 unspecified atom stereocenters. The monoisotopic (exact) mass is 348 g/mol. The highest BCUT2D eigenvalue weighted by Gasteiger charge is 2.22. The smallest absolute Gasteiger partial charge is 0.234 e. The van der Waals surface area contributed by atoms with Crippen molar-refractivity contribution in [2.45, 2.75) is 25.0 Å². The van der Waals surface area contributed by atoms with Gasteiger partial charge in [0.1, 0.15) is 5.82 Å². The Bertz CT molecular complexity index is 660. The summed E-state index contributed by atoms with van der Waals surface area (Å²) in [7, 11) is 0. The Morgan fingerprint density at radius 3 is 2.83 bits per heavy atom. The van der Waals surface area contributed by atoms with E-state index in [1.165, 1.54) is 12.1 Å². The Balaban J connectivity index is 1.70. The van der Waals surface area contributed by atoms with Crippen LogP contribution in [0.15, 0.2) is 41.8 Å². The largest absolute Gasteiger partial charge is 0.392 e. The lowest BCUT2D eigenvalue weighted by Gasteiger charge is -2.30. The number of aliphatic hydroxyl groups excluding tert-OH is 1. The molecule has 3 rings (SSSR count). The van der Waals surface area contributed by atoms with Crippen molar-refractivity contribution in [3.63, 3.8) is 0 Å². The van der Waals surface area contributed by atoms with Crippen LogP contribution < -0.4 is 5.32 Å². The molecule has 128 valence electrons. The van der Waals surface area contributed by atoms with Crippen molar-refractivity contribution in [2.75, 3.05) is 19.6 Å². The van der Waals surface area contributed by atoms with E-state index < -0.39 is 0 Å². The Kier molecular flexibility index (Phi) is 5.60. The first kappa shape index (κ1) is 17.1. The van der Waals surface area contributed by atoms with Gasteiger partial charge >= 0.3 is 0 Å². The minimum atomic E-state index is -0.350. The van der Waals surface area contributed by atoms with Crippen LogP contribution >= 0.6 is 11.3 Å². The van der Waals surface area contributed by atoms with Gasteiger partial charge in [-0.15, -0.1) is 11.3 Å². The van der Waals surface area contributed by atoms with Crippen LogP contribution in [0.25, 0.3) is 0 Å². The molecule has 0 saturated carbocycles. The Morgan fingerprint density at radius 1 is 1.38 bits per heavy atom. The zero-order chi connectivity index (χ0) is 16.9. The summed E-state index contributed by atoms with van der Waals surface area (Å²) in [4.78, 5) is 15.4. The summed E-state index contributed by atoms with van der Waals surface area (Å²) in [5.74, 6) is -0.385. The summed E-state index contributed by atoms with van der Waals surface area (Å²) in [6.07, 6.45) is 1.35. The second-order valence-corrected chi connectivity index (χ2v) is 7.08. The van der Waals surface area contributed by atoms with Crippen molar-refractivity contribution in [1.29, 1.82) is 0 Å². The molecule has 1 aliphatic heterocycles. The first-order chi connectivity index (χ1) is 11.6. The SMILES string of the molecule is O=C(CN1CCC[C@@H](O)C1)N[C@@H](c1ccc(F)cc1)c1cccs1. The summed E-state index contributed by atoms with van der Waals surface area (Å²) in [5, 5.41) is 14.7. The lowest BCUT2D eigenvalue weighted by molar-refractivity contribution is -0.123. The fourth-order valence-corrected chi connectivity index (χ4v) is 3.82. The van der Waals surface area contributed by atoms with Gasteiger partial charge in [-0.25, -0.2) is 4.39 Å². The molecule has 0 bridgehead atoms. The molecule has 2 heterocycles. The number of nitrogens with one attached hydrogen (secondary N) is 1. The van der Waals surface area contributed by atoms with Crippen LogP contribution in [0.5, 0.6) is 0 Å². The van der Waals surface area contributed by atoms with Gasteiger partial charge in [-0.3, -0.25) is 9.69 Å². The van der Waals surface area contributed by atoms with Crippen molar-refractivity contribution in [2.24, 2.45) is 0 Å². The second kappa shape index (κ2) is 7.88. The third-order valence-corrected chi connectivity index (χ3v) is 5.12. The summed E-state index contributed by atoms with van der Waals surface area (Å²) < 4.78 is 13.2. The minimum absolute atomic E-state index is 0.0909. The van der Waals surface area contributed by atoms with Gasteiger partial charge in [0.2, 0.25) is 5.91 Å². The molecule has 0 aliphatic carbocycles. The van der Waals surface area contributed by atoms with Gasteiger partial charge in [-0.1, -0.05) is 18.2 Å². The first-order valence-electron chi connectivity index (χ1n) is 8.10. The topological polar surface area (TPSA) is 52.6 Å². The number of nitrogens with zero attached hydrogens (tertiary/aromatic N) is 1. The van der Waals surface area contributed by atoms with Crippen LogP contribution in [0, 0.1) is 5.82 Å². The van der Waals surface area contributed by atoms with E-state index in [0.29, 0.717) is 6.54 Å². The Morgan fingerprint density at radius 2 is 2.17 bits per heavy atom. The fourth-order valence-electron chi connectivity index (χ4n) is 3.01. The van der Waals surface area contributed by atoms with Crippen molar-refractivity contribution in [1.82, 2.24) is 10.2 Å². The maximum atomic E-state index is 13.2. The molecule has 1 fully saturated rings. The molecule has 1 aliphatic rings. The molecule has 2 aromatic rings. The number of β-amino-alcohol motifs (C(OH)–C–C–N with tert-alkyl or cyclic N) is 1. The number of carbonyl (C=O) groups excluding carboxylic acids is 1. The van der Waals surface area contributed by atoms with Gasteiger partial charge in [0, 0.05) is 11.4 Å². The third kappa shape index (κ3) is 4.41. The van der Waals surface area contributed by atoms with E-state index >= 15 is 0 Å². The van der Waals surface area contributed by atoms with Gasteiger partial charge in [0.05, 0.1) is 18.7 Å². The van der Waals surface area contributed by atoms with Crippen LogP contribution in [-0.2, 0) is 4.79 Å². The number of carbonyl (C=O) groups is 1. The van der Waals surface area contributed by atoms with E-state index in [-0.39, 0.29) is 30.4 Å². The average Bonchev–Trinajstić information content (AvgIpc) is 3.08. The van der Waals surface area contributed by atoms with E-state index in [4.69, 9.17) is 0 Å². The number of thiophene rings is 1. The summed E-state index contributed by atoms with van der Waals surface area (Å²) in [5.41, 5.74) is 0.853. The van der Waals surface area contributed by atoms with Gasteiger partial charge in [0.25, 0.3) is 0 Å². The fraction of sp³-hybridized carbons (Fsp3) is 0.389. The normalized spacial score (nSPS) is 19.8. The number of piperidine rings is 1. The molecule has 1 saturated heterocycles. The number of aliphatic hydroxyl groups is 1. The number of hydrogen-bond acceptors (Lipinski definition) is 4. The molecule has 24 heavy (non-hydrogen) atoms. The molecule has 1 aromatic carbocycles. The van der Waals surface area contributed by atoms with Gasteiger partial charge in [-0.05, 0) is 48.5 Å². The maximum absolute atomic E-state index is 13.2. The maximum Gasteiger partial charge on any atom is 0.234 e. The van der Waals surface area contributed by atoms with Crippen LogP contribution in [0.4, 0.5) is 4.39 Å². The number of halogens is 1. The van der Waals surface area contributed by atoms with Gasteiger partial charge in [-0.2, -0.15) is 0 Å². The third-order valence-electron chi connectivity index (χ3n) is 4.18. The van der Waals surface area contributed by atoms with Crippen molar-refractivity contribution >= 4 is 17.2 Å². The zero-order valence-electron chi connectivity index (χ0n) is 13.3. The number of likely N-dealkylation sites (tertiary alicyclic amines) is 1. The average molecular weight is 348 g/mol. The van der Waals surface area contributed by atoms with Crippen LogP contribution in [0.1, 0.15) is 29.3 Å². The molecule has 6 heteroatoms. The Labute approximate surface area is 144 Å². The number of rotatable bonds is 5.